The van der Waals surface area contributed by atoms with Crippen molar-refractivity contribution in [2.75, 3.05) is 11.1 Å². The Hall–Kier alpha value is -2.68. The molecule has 0 fully saturated rings. The summed E-state index contributed by atoms with van der Waals surface area (Å²) in [5, 5.41) is 5.44. The van der Waals surface area contributed by atoms with Crippen LogP contribution in [0.15, 0.2) is 70.5 Å². The molecule has 0 atom stereocenters. The summed E-state index contributed by atoms with van der Waals surface area (Å²) in [5.74, 6) is 0.476. The Morgan fingerprint density at radius 3 is 2.90 bits per heavy atom. The lowest BCUT2D eigenvalue weighted by molar-refractivity contribution is -0.116. The molecule has 30 heavy (non-hydrogen) atoms. The van der Waals surface area contributed by atoms with Crippen molar-refractivity contribution in [2.45, 2.75) is 18.4 Å². The van der Waals surface area contributed by atoms with Gasteiger partial charge in [0.25, 0.3) is 5.56 Å². The monoisotopic (exact) mass is 453 g/mol. The molecule has 0 radical (unpaired) electrons. The maximum Gasteiger partial charge on any atom is 0.263 e. The van der Waals surface area contributed by atoms with Crippen LogP contribution in [0.5, 0.6) is 0 Å². The van der Waals surface area contributed by atoms with Gasteiger partial charge in [-0.2, -0.15) is 0 Å². The Morgan fingerprint density at radius 2 is 2.13 bits per heavy atom. The summed E-state index contributed by atoms with van der Waals surface area (Å²) in [6.07, 6.45) is 3.26. The summed E-state index contributed by atoms with van der Waals surface area (Å²) in [6, 6.07) is 11.6. The Kier molecular flexibility index (Phi) is 6.17. The van der Waals surface area contributed by atoms with Gasteiger partial charge in [0.2, 0.25) is 5.91 Å². The van der Waals surface area contributed by atoms with E-state index in [0.29, 0.717) is 10.2 Å². The van der Waals surface area contributed by atoms with Gasteiger partial charge in [-0.1, -0.05) is 18.2 Å². The molecule has 0 aliphatic heterocycles. The Bertz CT molecular complexity index is 1290. The first-order valence-corrected chi connectivity index (χ1v) is 11.9. The molecule has 5 nitrogen and oxygen atoms in total. The fourth-order valence-corrected chi connectivity index (χ4v) is 5.64. The summed E-state index contributed by atoms with van der Waals surface area (Å²) >= 11 is 4.68. The zero-order valence-electron chi connectivity index (χ0n) is 16.3. The fraction of sp³-hybridized carbons (Fsp3) is 0.136. The minimum absolute atomic E-state index is 0.0962. The molecule has 0 bridgehead atoms. The average Bonchev–Trinajstić information content (AvgIpc) is 3.36. The van der Waals surface area contributed by atoms with E-state index in [1.54, 1.807) is 23.1 Å². The second-order valence-electron chi connectivity index (χ2n) is 6.56. The van der Waals surface area contributed by atoms with Crippen molar-refractivity contribution < 1.29 is 4.79 Å². The van der Waals surface area contributed by atoms with Crippen molar-refractivity contribution >= 4 is 56.2 Å². The predicted octanol–water partition coefficient (Wildman–Crippen LogP) is 5.41. The number of thioether (sulfide) groups is 1. The van der Waals surface area contributed by atoms with Crippen LogP contribution in [0, 0.1) is 6.92 Å². The molecule has 0 saturated carbocycles. The highest BCUT2D eigenvalue weighted by molar-refractivity contribution is 7.99. The van der Waals surface area contributed by atoms with Gasteiger partial charge in [0.1, 0.15) is 11.4 Å². The molecule has 1 amide bonds. The molecule has 0 saturated heterocycles. The van der Waals surface area contributed by atoms with Gasteiger partial charge in [-0.25, -0.2) is 4.98 Å². The van der Waals surface area contributed by atoms with E-state index in [1.807, 2.05) is 54.8 Å². The second-order valence-corrected chi connectivity index (χ2v) is 9.77. The highest BCUT2D eigenvalue weighted by atomic mass is 32.2. The number of anilines is 1. The number of aromatic nitrogens is 2. The van der Waals surface area contributed by atoms with Gasteiger partial charge in [-0.05, 0) is 31.2 Å². The number of carbonyl (C=O) groups is 1. The molecule has 0 aliphatic rings. The first-order valence-electron chi connectivity index (χ1n) is 9.23. The van der Waals surface area contributed by atoms with Crippen molar-refractivity contribution in [3.63, 3.8) is 0 Å². The highest BCUT2D eigenvalue weighted by Crippen LogP contribution is 2.35. The maximum atomic E-state index is 13.1. The van der Waals surface area contributed by atoms with Gasteiger partial charge in [0.15, 0.2) is 0 Å². The lowest BCUT2D eigenvalue weighted by Crippen LogP contribution is -2.27. The molecule has 3 heterocycles. The molecule has 4 aromatic rings. The van der Waals surface area contributed by atoms with Crippen LogP contribution in [-0.4, -0.2) is 21.2 Å². The third-order valence-electron chi connectivity index (χ3n) is 4.40. The number of aryl methyl sites for hydroxylation is 1. The van der Waals surface area contributed by atoms with Crippen LogP contribution in [0.1, 0.15) is 4.88 Å². The predicted molar refractivity (Wildman–Crippen MR) is 128 cm³/mol. The molecule has 0 aliphatic carbocycles. The molecule has 4 rings (SSSR count). The van der Waals surface area contributed by atoms with Crippen LogP contribution in [0.2, 0.25) is 0 Å². The van der Waals surface area contributed by atoms with Crippen molar-refractivity contribution in [1.82, 2.24) is 9.55 Å². The molecular formula is C22H19N3O2S3. The number of benzene rings is 1. The summed E-state index contributed by atoms with van der Waals surface area (Å²) < 4.78 is 1.37. The number of hydrogen-bond donors (Lipinski definition) is 1. The number of rotatable bonds is 7. The average molecular weight is 454 g/mol. The number of thiophene rings is 2. The van der Waals surface area contributed by atoms with Crippen molar-refractivity contribution in [2.24, 2.45) is 0 Å². The summed E-state index contributed by atoms with van der Waals surface area (Å²) in [4.78, 5) is 34.1. The van der Waals surface area contributed by atoms with Crippen LogP contribution in [0.25, 0.3) is 20.7 Å². The topological polar surface area (TPSA) is 64.0 Å². The van der Waals surface area contributed by atoms with Gasteiger partial charge in [0.05, 0.1) is 17.4 Å². The largest absolute Gasteiger partial charge is 0.324 e. The van der Waals surface area contributed by atoms with Crippen molar-refractivity contribution in [3.8, 4) is 10.4 Å². The van der Waals surface area contributed by atoms with E-state index in [1.165, 1.54) is 27.1 Å². The van der Waals surface area contributed by atoms with E-state index in [9.17, 15) is 9.59 Å². The van der Waals surface area contributed by atoms with E-state index in [2.05, 4.69) is 16.9 Å². The zero-order chi connectivity index (χ0) is 21.1. The summed E-state index contributed by atoms with van der Waals surface area (Å²) in [7, 11) is 0. The molecular weight excluding hydrogens is 434 g/mol. The van der Waals surface area contributed by atoms with Gasteiger partial charge < -0.3 is 5.32 Å². The Balaban J connectivity index is 1.60. The maximum absolute atomic E-state index is 13.1. The number of nitrogens with zero attached hydrogens (tertiary/aromatic N) is 2. The first kappa shape index (κ1) is 20.6. The number of amides is 1. The quantitative estimate of drug-likeness (QED) is 0.300. The Morgan fingerprint density at radius 1 is 1.30 bits per heavy atom. The summed E-state index contributed by atoms with van der Waals surface area (Å²) in [5.41, 5.74) is 1.40. The molecule has 0 spiro atoms. The van der Waals surface area contributed by atoms with Crippen LogP contribution in [0.4, 0.5) is 5.69 Å². The van der Waals surface area contributed by atoms with E-state index in [0.717, 1.165) is 26.8 Å². The lowest BCUT2D eigenvalue weighted by Gasteiger charge is -2.11. The number of para-hydroxylation sites is 1. The lowest BCUT2D eigenvalue weighted by atomic mass is 10.2. The van der Waals surface area contributed by atoms with E-state index >= 15 is 0 Å². The normalized spacial score (nSPS) is 11.0. The van der Waals surface area contributed by atoms with Gasteiger partial charge in [-0.15, -0.1) is 41.0 Å². The third-order valence-corrected chi connectivity index (χ3v) is 7.39. The van der Waals surface area contributed by atoms with Crippen molar-refractivity contribution in [3.05, 3.63) is 76.0 Å². The zero-order valence-corrected chi connectivity index (χ0v) is 18.7. The molecule has 8 heteroatoms. The minimum Gasteiger partial charge on any atom is -0.324 e. The standard InChI is InChI=1S/C22H19N3O2S3/c1-3-10-28-18-7-5-4-6-16(18)24-19(26)11-25-13-23-21-20(22(25)27)15(12-29-21)17-9-8-14(2)30-17/h3-9,12-13H,1,10-11H2,2H3,(H,24,26). The smallest absolute Gasteiger partial charge is 0.263 e. The third kappa shape index (κ3) is 4.26. The van der Waals surface area contributed by atoms with E-state index in [-0.39, 0.29) is 18.0 Å². The SMILES string of the molecule is C=CCSc1ccccc1NC(=O)Cn1cnc2scc(-c3ccc(C)s3)c2c1=O. The highest BCUT2D eigenvalue weighted by Gasteiger charge is 2.16. The Labute approximate surface area is 186 Å². The van der Waals surface area contributed by atoms with Crippen LogP contribution in [0.3, 0.4) is 0 Å². The first-order chi connectivity index (χ1) is 14.6. The molecule has 0 unspecified atom stereocenters. The van der Waals surface area contributed by atoms with Crippen LogP contribution in [-0.2, 0) is 11.3 Å². The fourth-order valence-electron chi connectivity index (χ4n) is 3.03. The summed E-state index contributed by atoms with van der Waals surface area (Å²) in [6.45, 7) is 5.67. The van der Waals surface area contributed by atoms with Crippen LogP contribution < -0.4 is 10.9 Å². The molecule has 1 N–H and O–H groups in total. The van der Waals surface area contributed by atoms with Gasteiger partial charge >= 0.3 is 0 Å². The van der Waals surface area contributed by atoms with Crippen LogP contribution >= 0.6 is 34.4 Å². The van der Waals surface area contributed by atoms with E-state index in [4.69, 9.17) is 0 Å². The van der Waals surface area contributed by atoms with Gasteiger partial charge in [0, 0.05) is 31.3 Å². The second kappa shape index (κ2) is 8.99. The van der Waals surface area contributed by atoms with Gasteiger partial charge in [-0.3, -0.25) is 14.2 Å². The molecule has 1 aromatic carbocycles. The number of nitrogens with one attached hydrogen (secondary N) is 1. The molecule has 152 valence electrons. The number of fused-ring (bicyclic) bond motifs is 1. The number of hydrogen-bond acceptors (Lipinski definition) is 6. The minimum atomic E-state index is -0.270. The van der Waals surface area contributed by atoms with E-state index < -0.39 is 0 Å². The number of carbonyl (C=O) groups excluding carboxylic acids is 1. The van der Waals surface area contributed by atoms with Crippen molar-refractivity contribution in [1.29, 1.82) is 0 Å². The molecule has 3 aromatic heterocycles.